The van der Waals surface area contributed by atoms with Gasteiger partial charge in [-0.3, -0.25) is 0 Å². The SMILES string of the molecule is O=C(O)/C=C/c1ccc2c(c1)CCN2Cc1ccccc1. The first-order chi connectivity index (χ1) is 10.2. The van der Waals surface area contributed by atoms with E-state index in [2.05, 4.69) is 41.3 Å². The Hall–Kier alpha value is -2.55. The number of benzene rings is 2. The van der Waals surface area contributed by atoms with Gasteiger partial charge in [-0.05, 0) is 41.3 Å². The van der Waals surface area contributed by atoms with E-state index in [-0.39, 0.29) is 0 Å². The summed E-state index contributed by atoms with van der Waals surface area (Å²) in [5, 5.41) is 8.68. The molecule has 0 amide bonds. The molecule has 1 aliphatic heterocycles. The van der Waals surface area contributed by atoms with Gasteiger partial charge >= 0.3 is 5.97 Å². The van der Waals surface area contributed by atoms with Crippen molar-refractivity contribution in [3.8, 4) is 0 Å². The lowest BCUT2D eigenvalue weighted by Crippen LogP contribution is -2.19. The molecule has 0 aliphatic carbocycles. The Morgan fingerprint density at radius 1 is 1.19 bits per heavy atom. The Morgan fingerprint density at radius 3 is 2.76 bits per heavy atom. The van der Waals surface area contributed by atoms with E-state index in [1.54, 1.807) is 6.08 Å². The summed E-state index contributed by atoms with van der Waals surface area (Å²) in [6.45, 7) is 1.93. The first-order valence-electron chi connectivity index (χ1n) is 7.05. The lowest BCUT2D eigenvalue weighted by atomic mass is 10.1. The number of fused-ring (bicyclic) bond motifs is 1. The number of carbonyl (C=O) groups is 1. The van der Waals surface area contributed by atoms with Gasteiger partial charge in [0.25, 0.3) is 0 Å². The van der Waals surface area contributed by atoms with Crippen molar-refractivity contribution in [3.63, 3.8) is 0 Å². The normalized spacial score (nSPS) is 13.6. The Bertz CT molecular complexity index is 677. The lowest BCUT2D eigenvalue weighted by Gasteiger charge is -2.19. The van der Waals surface area contributed by atoms with Crippen LogP contribution in [-0.2, 0) is 17.8 Å². The molecule has 0 aromatic heterocycles. The molecule has 0 saturated carbocycles. The van der Waals surface area contributed by atoms with Crippen molar-refractivity contribution in [2.24, 2.45) is 0 Å². The van der Waals surface area contributed by atoms with E-state index in [1.807, 2.05) is 12.1 Å². The van der Waals surface area contributed by atoms with Crippen molar-refractivity contribution in [3.05, 3.63) is 71.3 Å². The molecule has 2 aromatic rings. The summed E-state index contributed by atoms with van der Waals surface area (Å²) in [5.74, 6) is -0.916. The molecule has 1 aliphatic rings. The van der Waals surface area contributed by atoms with Crippen molar-refractivity contribution in [1.29, 1.82) is 0 Å². The average Bonchev–Trinajstić information content (AvgIpc) is 2.89. The van der Waals surface area contributed by atoms with Crippen molar-refractivity contribution in [2.75, 3.05) is 11.4 Å². The summed E-state index contributed by atoms with van der Waals surface area (Å²) in [6.07, 6.45) is 3.83. The molecule has 2 aromatic carbocycles. The van der Waals surface area contributed by atoms with Gasteiger partial charge in [0.1, 0.15) is 0 Å². The van der Waals surface area contributed by atoms with Crippen LogP contribution in [0.1, 0.15) is 16.7 Å². The van der Waals surface area contributed by atoms with Crippen LogP contribution in [0.15, 0.2) is 54.6 Å². The predicted molar refractivity (Wildman–Crippen MR) is 84.3 cm³/mol. The Morgan fingerprint density at radius 2 is 2.00 bits per heavy atom. The molecule has 0 saturated heterocycles. The molecule has 21 heavy (non-hydrogen) atoms. The van der Waals surface area contributed by atoms with Gasteiger partial charge < -0.3 is 10.0 Å². The quantitative estimate of drug-likeness (QED) is 0.873. The summed E-state index contributed by atoms with van der Waals surface area (Å²) in [6, 6.07) is 16.6. The van der Waals surface area contributed by atoms with Crippen molar-refractivity contribution in [2.45, 2.75) is 13.0 Å². The number of aliphatic carboxylic acids is 1. The summed E-state index contributed by atoms with van der Waals surface area (Å²) >= 11 is 0. The number of nitrogens with zero attached hydrogens (tertiary/aromatic N) is 1. The highest BCUT2D eigenvalue weighted by Crippen LogP contribution is 2.30. The smallest absolute Gasteiger partial charge is 0.328 e. The highest BCUT2D eigenvalue weighted by atomic mass is 16.4. The van der Waals surface area contributed by atoms with Gasteiger partial charge in [0.2, 0.25) is 0 Å². The predicted octanol–water partition coefficient (Wildman–Crippen LogP) is 3.35. The van der Waals surface area contributed by atoms with Gasteiger partial charge in [-0.25, -0.2) is 4.79 Å². The summed E-state index contributed by atoms with van der Waals surface area (Å²) in [7, 11) is 0. The molecule has 0 atom stereocenters. The molecule has 3 rings (SSSR count). The van der Waals surface area contributed by atoms with Crippen LogP contribution >= 0.6 is 0 Å². The van der Waals surface area contributed by atoms with E-state index in [4.69, 9.17) is 5.11 Å². The second-order valence-electron chi connectivity index (χ2n) is 5.22. The van der Waals surface area contributed by atoms with Gasteiger partial charge in [-0.2, -0.15) is 0 Å². The van der Waals surface area contributed by atoms with Crippen LogP contribution in [-0.4, -0.2) is 17.6 Å². The van der Waals surface area contributed by atoms with Crippen LogP contribution < -0.4 is 4.90 Å². The van der Waals surface area contributed by atoms with E-state index < -0.39 is 5.97 Å². The zero-order chi connectivity index (χ0) is 14.7. The summed E-state index contributed by atoms with van der Waals surface area (Å²) in [5.41, 5.74) is 4.79. The topological polar surface area (TPSA) is 40.5 Å². The van der Waals surface area contributed by atoms with Crippen LogP contribution in [0.4, 0.5) is 5.69 Å². The fraction of sp³-hybridized carbons (Fsp3) is 0.167. The van der Waals surface area contributed by atoms with E-state index in [1.165, 1.54) is 22.9 Å². The Labute approximate surface area is 124 Å². The number of rotatable bonds is 4. The number of carboxylic acids is 1. The van der Waals surface area contributed by atoms with Crippen molar-refractivity contribution in [1.82, 2.24) is 0 Å². The lowest BCUT2D eigenvalue weighted by molar-refractivity contribution is -0.131. The van der Waals surface area contributed by atoms with Crippen molar-refractivity contribution < 1.29 is 9.90 Å². The van der Waals surface area contributed by atoms with Crippen LogP contribution in [0, 0.1) is 0 Å². The van der Waals surface area contributed by atoms with E-state index in [0.717, 1.165) is 25.1 Å². The van der Waals surface area contributed by atoms with Gasteiger partial charge in [-0.1, -0.05) is 36.4 Å². The summed E-state index contributed by atoms with van der Waals surface area (Å²) < 4.78 is 0. The minimum atomic E-state index is -0.916. The molecule has 1 heterocycles. The molecule has 106 valence electrons. The third-order valence-corrected chi connectivity index (χ3v) is 3.73. The van der Waals surface area contributed by atoms with E-state index in [9.17, 15) is 4.79 Å². The maximum absolute atomic E-state index is 10.6. The maximum atomic E-state index is 10.6. The fourth-order valence-corrected chi connectivity index (χ4v) is 2.73. The zero-order valence-corrected chi connectivity index (χ0v) is 11.7. The standard InChI is InChI=1S/C18H17NO2/c20-18(21)9-7-14-6-8-17-16(12-14)10-11-19(17)13-15-4-2-1-3-5-15/h1-9,12H,10-11,13H2,(H,20,21)/b9-7+. The molecule has 0 unspecified atom stereocenters. The molecular formula is C18H17NO2. The van der Waals surface area contributed by atoms with Gasteiger partial charge in [-0.15, -0.1) is 0 Å². The average molecular weight is 279 g/mol. The Kier molecular flexibility index (Phi) is 3.73. The molecule has 0 fully saturated rings. The molecule has 0 radical (unpaired) electrons. The number of anilines is 1. The highest BCUT2D eigenvalue weighted by Gasteiger charge is 2.18. The molecule has 0 spiro atoms. The van der Waals surface area contributed by atoms with Gasteiger partial charge in [0, 0.05) is 24.9 Å². The Balaban J connectivity index is 1.78. The number of hydrogen-bond donors (Lipinski definition) is 1. The first-order valence-corrected chi connectivity index (χ1v) is 7.05. The zero-order valence-electron chi connectivity index (χ0n) is 11.7. The second-order valence-corrected chi connectivity index (χ2v) is 5.22. The van der Waals surface area contributed by atoms with Crippen LogP contribution in [0.2, 0.25) is 0 Å². The third-order valence-electron chi connectivity index (χ3n) is 3.73. The van der Waals surface area contributed by atoms with Crippen molar-refractivity contribution >= 4 is 17.7 Å². The first kappa shape index (κ1) is 13.4. The van der Waals surface area contributed by atoms with Crippen LogP contribution in [0.5, 0.6) is 0 Å². The highest BCUT2D eigenvalue weighted by molar-refractivity contribution is 5.85. The molecule has 0 bridgehead atoms. The number of carboxylic acid groups (broad SMARTS) is 1. The van der Waals surface area contributed by atoms with Crippen LogP contribution in [0.25, 0.3) is 6.08 Å². The monoisotopic (exact) mass is 279 g/mol. The third kappa shape index (κ3) is 3.14. The summed E-state index contributed by atoms with van der Waals surface area (Å²) in [4.78, 5) is 12.9. The minimum absolute atomic E-state index is 0.915. The van der Waals surface area contributed by atoms with E-state index in [0.29, 0.717) is 0 Å². The van der Waals surface area contributed by atoms with Gasteiger partial charge in [0.05, 0.1) is 0 Å². The number of hydrogen-bond acceptors (Lipinski definition) is 2. The minimum Gasteiger partial charge on any atom is -0.478 e. The molecule has 3 heteroatoms. The fourth-order valence-electron chi connectivity index (χ4n) is 2.73. The molecular weight excluding hydrogens is 262 g/mol. The van der Waals surface area contributed by atoms with Crippen LogP contribution in [0.3, 0.4) is 0 Å². The largest absolute Gasteiger partial charge is 0.478 e. The molecule has 1 N–H and O–H groups in total. The van der Waals surface area contributed by atoms with E-state index >= 15 is 0 Å². The van der Waals surface area contributed by atoms with Gasteiger partial charge in [0.15, 0.2) is 0 Å². The molecule has 3 nitrogen and oxygen atoms in total. The second kappa shape index (κ2) is 5.83. The maximum Gasteiger partial charge on any atom is 0.328 e.